The van der Waals surface area contributed by atoms with E-state index in [0.717, 1.165) is 0 Å². The molecule has 24 heavy (non-hydrogen) atoms. The number of benzene rings is 1. The lowest BCUT2D eigenvalue weighted by atomic mass is 9.77. The van der Waals surface area contributed by atoms with Crippen LogP contribution in [0.5, 0.6) is 0 Å². The molecule has 1 N–H and O–H groups in total. The average molecular weight is 394 g/mol. The summed E-state index contributed by atoms with van der Waals surface area (Å²) in [7, 11) is 0. The first-order chi connectivity index (χ1) is 11.5. The maximum Gasteiger partial charge on any atom is 0.337 e. The number of hydrogen-bond acceptors (Lipinski definition) is 5. The molecule has 1 aromatic carbocycles. The topological polar surface area (TPSA) is 64.6 Å². The molecular formula is C17H13BrFNO4. The van der Waals surface area contributed by atoms with Crippen molar-refractivity contribution in [2.45, 2.75) is 18.9 Å². The molecule has 0 bridgehead atoms. The van der Waals surface area contributed by atoms with Gasteiger partial charge in [-0.25, -0.2) is 9.18 Å². The van der Waals surface area contributed by atoms with E-state index in [1.54, 1.807) is 19.1 Å². The number of rotatable bonds is 1. The lowest BCUT2D eigenvalue weighted by Crippen LogP contribution is -2.40. The van der Waals surface area contributed by atoms with E-state index in [1.165, 1.54) is 6.07 Å². The van der Waals surface area contributed by atoms with Gasteiger partial charge in [-0.2, -0.15) is 0 Å². The highest BCUT2D eigenvalue weighted by Gasteiger charge is 2.44. The van der Waals surface area contributed by atoms with Crippen LogP contribution < -0.4 is 5.32 Å². The first kappa shape index (κ1) is 15.5. The standard InChI is InChI=1S/C17H13BrFNO4/c1-7-16(21)14-11(5-23-7)20-12-6-24-17(22)15(12)13(14)8-2-3-10(19)9(18)4-8/h2-4,7,13,20H,5-6H2,1H3. The Labute approximate surface area is 145 Å². The Bertz CT molecular complexity index is 845. The summed E-state index contributed by atoms with van der Waals surface area (Å²) < 4.78 is 24.5. The summed E-state index contributed by atoms with van der Waals surface area (Å²) >= 11 is 3.17. The van der Waals surface area contributed by atoms with Crippen molar-refractivity contribution in [3.05, 3.63) is 56.6 Å². The van der Waals surface area contributed by atoms with Crippen molar-refractivity contribution >= 4 is 27.7 Å². The molecule has 0 amide bonds. The zero-order chi connectivity index (χ0) is 17.0. The third kappa shape index (κ3) is 2.22. The molecular weight excluding hydrogens is 381 g/mol. The molecule has 0 radical (unpaired) electrons. The minimum atomic E-state index is -0.587. The van der Waals surface area contributed by atoms with E-state index in [0.29, 0.717) is 28.1 Å². The largest absolute Gasteiger partial charge is 0.456 e. The zero-order valence-corrected chi connectivity index (χ0v) is 14.3. The fourth-order valence-corrected chi connectivity index (χ4v) is 3.71. The molecule has 0 aliphatic carbocycles. The number of carbonyl (C=O) groups excluding carboxylic acids is 2. The van der Waals surface area contributed by atoms with Crippen LogP contribution in [-0.2, 0) is 19.1 Å². The smallest absolute Gasteiger partial charge is 0.337 e. The Kier molecular flexibility index (Phi) is 3.58. The molecule has 0 aromatic heterocycles. The number of Topliss-reactive ketones (excluding diaryl/α,β-unsaturated/α-hetero) is 1. The van der Waals surface area contributed by atoms with Crippen LogP contribution in [-0.4, -0.2) is 31.1 Å². The molecule has 3 aliphatic heterocycles. The van der Waals surface area contributed by atoms with Crippen molar-refractivity contribution in [1.82, 2.24) is 5.32 Å². The number of ether oxygens (including phenoxy) is 2. The maximum atomic E-state index is 13.6. The molecule has 0 saturated heterocycles. The van der Waals surface area contributed by atoms with Gasteiger partial charge in [0.25, 0.3) is 0 Å². The molecule has 2 atom stereocenters. The highest BCUT2D eigenvalue weighted by atomic mass is 79.9. The Morgan fingerprint density at radius 3 is 2.71 bits per heavy atom. The second-order valence-electron chi connectivity index (χ2n) is 5.91. The number of halogens is 2. The molecule has 0 fully saturated rings. The fraction of sp³-hybridized carbons (Fsp3) is 0.294. The van der Waals surface area contributed by atoms with E-state index in [9.17, 15) is 14.0 Å². The van der Waals surface area contributed by atoms with Crippen LogP contribution in [0.25, 0.3) is 0 Å². The van der Waals surface area contributed by atoms with Gasteiger partial charge in [-0.1, -0.05) is 6.07 Å². The van der Waals surface area contributed by atoms with Crippen molar-refractivity contribution in [1.29, 1.82) is 0 Å². The molecule has 2 unspecified atom stereocenters. The van der Waals surface area contributed by atoms with Crippen molar-refractivity contribution in [2.75, 3.05) is 13.2 Å². The predicted octanol–water partition coefficient (Wildman–Crippen LogP) is 2.33. The summed E-state index contributed by atoms with van der Waals surface area (Å²) in [5, 5.41) is 3.11. The van der Waals surface area contributed by atoms with Crippen LogP contribution in [0.15, 0.2) is 45.2 Å². The van der Waals surface area contributed by atoms with E-state index in [-0.39, 0.29) is 23.5 Å². The third-order valence-corrected chi connectivity index (χ3v) is 5.09. The minimum absolute atomic E-state index is 0.132. The van der Waals surface area contributed by atoms with Crippen molar-refractivity contribution < 1.29 is 23.5 Å². The van der Waals surface area contributed by atoms with Gasteiger partial charge < -0.3 is 14.8 Å². The lowest BCUT2D eigenvalue weighted by Gasteiger charge is -2.34. The second-order valence-corrected chi connectivity index (χ2v) is 6.76. The average Bonchev–Trinajstić information content (AvgIpc) is 2.93. The number of nitrogens with one attached hydrogen (secondary N) is 1. The van der Waals surface area contributed by atoms with Crippen LogP contribution in [0, 0.1) is 5.82 Å². The van der Waals surface area contributed by atoms with E-state index in [4.69, 9.17) is 9.47 Å². The van der Waals surface area contributed by atoms with Crippen LogP contribution in [0.3, 0.4) is 0 Å². The van der Waals surface area contributed by atoms with Gasteiger partial charge in [0.2, 0.25) is 0 Å². The van der Waals surface area contributed by atoms with Gasteiger partial charge in [0, 0.05) is 17.2 Å². The third-order valence-electron chi connectivity index (χ3n) is 4.49. The lowest BCUT2D eigenvalue weighted by molar-refractivity contribution is -0.136. The number of hydrogen-bond donors (Lipinski definition) is 1. The summed E-state index contributed by atoms with van der Waals surface area (Å²) in [6.07, 6.45) is -0.587. The Morgan fingerprint density at radius 1 is 1.21 bits per heavy atom. The molecule has 7 heteroatoms. The van der Waals surface area contributed by atoms with Gasteiger partial charge in [0.1, 0.15) is 18.5 Å². The highest BCUT2D eigenvalue weighted by molar-refractivity contribution is 9.10. The van der Waals surface area contributed by atoms with Gasteiger partial charge in [0.05, 0.1) is 22.3 Å². The van der Waals surface area contributed by atoms with Crippen LogP contribution >= 0.6 is 15.9 Å². The Hall–Kier alpha value is -1.99. The zero-order valence-electron chi connectivity index (χ0n) is 12.7. The van der Waals surface area contributed by atoms with E-state index in [1.807, 2.05) is 0 Å². The quantitative estimate of drug-likeness (QED) is 0.741. The summed E-state index contributed by atoms with van der Waals surface area (Å²) in [6, 6.07) is 4.50. The van der Waals surface area contributed by atoms with Gasteiger partial charge >= 0.3 is 5.97 Å². The maximum absolute atomic E-state index is 13.6. The van der Waals surface area contributed by atoms with Gasteiger partial charge in [0.15, 0.2) is 5.78 Å². The monoisotopic (exact) mass is 393 g/mol. The van der Waals surface area contributed by atoms with E-state index >= 15 is 0 Å². The van der Waals surface area contributed by atoms with Crippen LogP contribution in [0.1, 0.15) is 18.4 Å². The molecule has 3 heterocycles. The van der Waals surface area contributed by atoms with Crippen molar-refractivity contribution in [3.8, 4) is 0 Å². The number of dihydropyridines is 1. The van der Waals surface area contributed by atoms with Crippen LogP contribution in [0.4, 0.5) is 4.39 Å². The van der Waals surface area contributed by atoms with Gasteiger partial charge in [-0.05, 0) is 40.5 Å². The van der Waals surface area contributed by atoms with Crippen molar-refractivity contribution in [3.63, 3.8) is 0 Å². The molecule has 124 valence electrons. The fourth-order valence-electron chi connectivity index (χ4n) is 3.31. The molecule has 4 rings (SSSR count). The molecule has 0 spiro atoms. The highest BCUT2D eigenvalue weighted by Crippen LogP contribution is 2.43. The van der Waals surface area contributed by atoms with Gasteiger partial charge in [-0.15, -0.1) is 0 Å². The Morgan fingerprint density at radius 2 is 1.96 bits per heavy atom. The summed E-state index contributed by atoms with van der Waals surface area (Å²) in [5.74, 6) is -1.62. The van der Waals surface area contributed by atoms with Crippen molar-refractivity contribution in [2.24, 2.45) is 0 Å². The number of ketones is 1. The normalized spacial score (nSPS) is 26.1. The minimum Gasteiger partial charge on any atom is -0.456 e. The molecule has 3 aliphatic rings. The van der Waals surface area contributed by atoms with Crippen LogP contribution in [0.2, 0.25) is 0 Å². The molecule has 5 nitrogen and oxygen atoms in total. The summed E-state index contributed by atoms with van der Waals surface area (Å²) in [5.41, 5.74) is 2.83. The molecule has 0 saturated carbocycles. The second kappa shape index (κ2) is 5.53. The predicted molar refractivity (Wildman–Crippen MR) is 85.4 cm³/mol. The number of esters is 1. The van der Waals surface area contributed by atoms with Gasteiger partial charge in [-0.3, -0.25) is 4.79 Å². The Balaban J connectivity index is 1.91. The summed E-state index contributed by atoms with van der Waals surface area (Å²) in [4.78, 5) is 24.9. The van der Waals surface area contributed by atoms with E-state index < -0.39 is 23.8 Å². The summed E-state index contributed by atoms with van der Waals surface area (Å²) in [6.45, 7) is 2.07. The van der Waals surface area contributed by atoms with E-state index in [2.05, 4.69) is 21.2 Å². The molecule has 1 aromatic rings. The first-order valence-electron chi connectivity index (χ1n) is 7.48. The SMILES string of the molecule is CC1OCC2=C(C1=O)C(c1ccc(F)c(Br)c1)C1=C(COC1=O)N2. The first-order valence-corrected chi connectivity index (χ1v) is 8.27. The number of cyclic esters (lactones) is 1. The number of carbonyl (C=O) groups is 2.